The van der Waals surface area contributed by atoms with Gasteiger partial charge in [-0.3, -0.25) is 4.79 Å². The molecule has 0 amide bonds. The topological polar surface area (TPSA) is 57.5 Å². The van der Waals surface area contributed by atoms with Crippen molar-refractivity contribution in [1.29, 1.82) is 0 Å². The molecule has 3 nitrogen and oxygen atoms in total. The van der Waals surface area contributed by atoms with Gasteiger partial charge >= 0.3 is 5.97 Å². The van der Waals surface area contributed by atoms with Crippen molar-refractivity contribution >= 4 is 5.97 Å². The van der Waals surface area contributed by atoms with Gasteiger partial charge in [-0.2, -0.15) is 0 Å². The zero-order valence-electron chi connectivity index (χ0n) is 27.3. The molecular weight excluding hydrogens is 492 g/mol. The molecule has 240 valence electrons. The summed E-state index contributed by atoms with van der Waals surface area (Å²) in [5, 5.41) is 17.4. The Labute approximate surface area is 252 Å². The maximum atomic E-state index is 10.5. The van der Waals surface area contributed by atoms with E-state index in [-0.39, 0.29) is 0 Å². The number of hydrogen-bond acceptors (Lipinski definition) is 2. The highest BCUT2D eigenvalue weighted by Gasteiger charge is 1.98. The van der Waals surface area contributed by atoms with E-state index >= 15 is 0 Å². The van der Waals surface area contributed by atoms with Gasteiger partial charge in [0.15, 0.2) is 0 Å². The molecule has 0 saturated heterocycles. The van der Waals surface area contributed by atoms with Crippen molar-refractivity contribution in [1.82, 2.24) is 0 Å². The van der Waals surface area contributed by atoms with Gasteiger partial charge in [0.2, 0.25) is 0 Å². The van der Waals surface area contributed by atoms with Crippen molar-refractivity contribution in [3.05, 3.63) is 0 Å². The molecule has 0 spiro atoms. The predicted octanol–water partition coefficient (Wildman–Crippen LogP) is 12.7. The van der Waals surface area contributed by atoms with E-state index in [0.29, 0.717) is 13.0 Å². The second kappa shape index (κ2) is 36.5. The van der Waals surface area contributed by atoms with Crippen LogP contribution in [0.4, 0.5) is 0 Å². The van der Waals surface area contributed by atoms with Crippen LogP contribution >= 0.6 is 0 Å². The third-order valence-corrected chi connectivity index (χ3v) is 8.80. The van der Waals surface area contributed by atoms with Crippen molar-refractivity contribution in [3.63, 3.8) is 0 Å². The summed E-state index contributed by atoms with van der Waals surface area (Å²) in [6.45, 7) is 0.368. The molecule has 3 heteroatoms. The van der Waals surface area contributed by atoms with Gasteiger partial charge in [-0.1, -0.05) is 205 Å². The Hall–Kier alpha value is -0.570. The van der Waals surface area contributed by atoms with Gasteiger partial charge in [0.05, 0.1) is 0 Å². The highest BCUT2D eigenvalue weighted by Crippen LogP contribution is 2.17. The van der Waals surface area contributed by atoms with Crippen molar-refractivity contribution in [3.8, 4) is 0 Å². The number of carboxylic acids is 1. The summed E-state index contributed by atoms with van der Waals surface area (Å²) in [5.41, 5.74) is 0. The number of carboxylic acid groups (broad SMARTS) is 1. The molecule has 0 aromatic rings. The van der Waals surface area contributed by atoms with Gasteiger partial charge in [0.25, 0.3) is 0 Å². The van der Waals surface area contributed by atoms with Crippen LogP contribution in [0, 0.1) is 0 Å². The number of aliphatic carboxylic acids is 1. The Morgan fingerprint density at radius 1 is 0.275 bits per heavy atom. The van der Waals surface area contributed by atoms with Crippen molar-refractivity contribution in [2.24, 2.45) is 0 Å². The Kier molecular flexibility index (Phi) is 35.9. The molecule has 0 aliphatic heterocycles. The summed E-state index contributed by atoms with van der Waals surface area (Å²) in [6, 6.07) is 0. The molecule has 0 unspecified atom stereocenters. The van der Waals surface area contributed by atoms with E-state index in [1.807, 2.05) is 0 Å². The summed E-state index contributed by atoms with van der Waals surface area (Å²) >= 11 is 0. The Morgan fingerprint density at radius 2 is 0.425 bits per heavy atom. The van der Waals surface area contributed by atoms with Gasteiger partial charge in [-0.25, -0.2) is 0 Å². The van der Waals surface area contributed by atoms with E-state index in [4.69, 9.17) is 10.2 Å². The van der Waals surface area contributed by atoms with Crippen LogP contribution in [0.1, 0.15) is 225 Å². The molecular formula is C37H74O3. The van der Waals surface area contributed by atoms with Gasteiger partial charge in [0, 0.05) is 13.0 Å². The largest absolute Gasteiger partial charge is 0.481 e. The number of unbranched alkanes of at least 4 members (excludes halogenated alkanes) is 33. The van der Waals surface area contributed by atoms with Gasteiger partial charge in [-0.15, -0.1) is 0 Å². The molecule has 0 aromatic heterocycles. The summed E-state index contributed by atoms with van der Waals surface area (Å²) < 4.78 is 0. The van der Waals surface area contributed by atoms with E-state index in [9.17, 15) is 4.79 Å². The maximum Gasteiger partial charge on any atom is 0.303 e. The second-order valence-electron chi connectivity index (χ2n) is 12.9. The fourth-order valence-corrected chi connectivity index (χ4v) is 6.04. The minimum atomic E-state index is -0.650. The average Bonchev–Trinajstić information content (AvgIpc) is 2.95. The molecule has 0 fully saturated rings. The minimum Gasteiger partial charge on any atom is -0.481 e. The first-order chi connectivity index (χ1) is 19.8. The molecule has 0 radical (unpaired) electrons. The Morgan fingerprint density at radius 3 is 0.575 bits per heavy atom. The van der Waals surface area contributed by atoms with Gasteiger partial charge < -0.3 is 10.2 Å². The number of hydrogen-bond donors (Lipinski definition) is 2. The second-order valence-corrected chi connectivity index (χ2v) is 12.9. The first-order valence-corrected chi connectivity index (χ1v) is 18.6. The van der Waals surface area contributed by atoms with Gasteiger partial charge in [0.1, 0.15) is 0 Å². The third-order valence-electron chi connectivity index (χ3n) is 8.80. The molecule has 2 N–H and O–H groups in total. The highest BCUT2D eigenvalue weighted by molar-refractivity contribution is 5.66. The molecule has 0 heterocycles. The average molecular weight is 567 g/mol. The molecule has 0 saturated carbocycles. The van der Waals surface area contributed by atoms with E-state index < -0.39 is 5.97 Å². The third kappa shape index (κ3) is 37.4. The van der Waals surface area contributed by atoms with Crippen LogP contribution < -0.4 is 0 Å². The number of aliphatic hydroxyl groups excluding tert-OH is 1. The van der Waals surface area contributed by atoms with Crippen molar-refractivity contribution in [2.75, 3.05) is 6.61 Å². The van der Waals surface area contributed by atoms with E-state index in [2.05, 4.69) is 0 Å². The van der Waals surface area contributed by atoms with Crippen LogP contribution in [-0.4, -0.2) is 22.8 Å². The summed E-state index contributed by atoms with van der Waals surface area (Å²) in [7, 11) is 0. The van der Waals surface area contributed by atoms with Crippen molar-refractivity contribution < 1.29 is 15.0 Å². The summed E-state index contributed by atoms with van der Waals surface area (Å²) in [4.78, 5) is 10.5. The fraction of sp³-hybridized carbons (Fsp3) is 0.973. The number of aliphatic hydroxyl groups is 1. The monoisotopic (exact) mass is 567 g/mol. The van der Waals surface area contributed by atoms with Crippen LogP contribution in [0.15, 0.2) is 0 Å². The predicted molar refractivity (Wildman–Crippen MR) is 176 cm³/mol. The molecule has 40 heavy (non-hydrogen) atoms. The lowest BCUT2D eigenvalue weighted by atomic mass is 10.0. The lowest BCUT2D eigenvalue weighted by Crippen LogP contribution is -1.93. The zero-order chi connectivity index (χ0) is 29.0. The number of carbonyl (C=O) groups is 1. The SMILES string of the molecule is O=C(O)CCCCCCCCCCCCCCCCCCCCCCCCCCCCCCCCCCCCO. The van der Waals surface area contributed by atoms with Crippen LogP contribution in [0.3, 0.4) is 0 Å². The lowest BCUT2D eigenvalue weighted by Gasteiger charge is -2.05. The first-order valence-electron chi connectivity index (χ1n) is 18.6. The van der Waals surface area contributed by atoms with Crippen LogP contribution in [0.5, 0.6) is 0 Å². The Bertz CT molecular complexity index is 464. The highest BCUT2D eigenvalue weighted by atomic mass is 16.4. The van der Waals surface area contributed by atoms with Crippen LogP contribution in [0.25, 0.3) is 0 Å². The van der Waals surface area contributed by atoms with Crippen LogP contribution in [-0.2, 0) is 4.79 Å². The molecule has 0 atom stereocenters. The lowest BCUT2D eigenvalue weighted by molar-refractivity contribution is -0.137. The molecule has 0 aliphatic rings. The van der Waals surface area contributed by atoms with E-state index in [1.165, 1.54) is 199 Å². The molecule has 0 bridgehead atoms. The van der Waals surface area contributed by atoms with E-state index in [0.717, 1.165) is 19.3 Å². The molecule has 0 rings (SSSR count). The molecule has 0 aliphatic carbocycles. The fourth-order valence-electron chi connectivity index (χ4n) is 6.04. The summed E-state index contributed by atoms with van der Waals surface area (Å²) in [5.74, 6) is -0.650. The minimum absolute atomic E-state index is 0.344. The summed E-state index contributed by atoms with van der Waals surface area (Å²) in [6.07, 6.45) is 47.1. The first kappa shape index (κ1) is 39.4. The quantitative estimate of drug-likeness (QED) is 0.0741. The van der Waals surface area contributed by atoms with Gasteiger partial charge in [-0.05, 0) is 12.8 Å². The zero-order valence-corrected chi connectivity index (χ0v) is 27.3. The van der Waals surface area contributed by atoms with Crippen LogP contribution in [0.2, 0.25) is 0 Å². The smallest absolute Gasteiger partial charge is 0.303 e. The maximum absolute atomic E-state index is 10.5. The normalized spacial score (nSPS) is 11.4. The van der Waals surface area contributed by atoms with E-state index in [1.54, 1.807) is 0 Å². The number of rotatable bonds is 36. The van der Waals surface area contributed by atoms with Crippen molar-refractivity contribution in [2.45, 2.75) is 225 Å². The molecule has 0 aromatic carbocycles. The Balaban J connectivity index is 3.03. The standard InChI is InChI=1S/C37H74O3/c38-36-34-32-30-28-26-24-22-20-18-16-14-12-10-8-6-4-2-1-3-5-7-9-11-13-15-17-19-21-23-25-27-29-31-33-35-37(39)40/h38H,1-36H2,(H,39,40).